The van der Waals surface area contributed by atoms with Gasteiger partial charge in [-0.2, -0.15) is 5.26 Å². The zero-order chi connectivity index (χ0) is 26.7. The third-order valence-electron chi connectivity index (χ3n) is 6.68. The van der Waals surface area contributed by atoms with E-state index in [-0.39, 0.29) is 22.9 Å². The summed E-state index contributed by atoms with van der Waals surface area (Å²) in [6.45, 7) is 8.96. The summed E-state index contributed by atoms with van der Waals surface area (Å²) < 4.78 is 16.6. The quantitative estimate of drug-likeness (QED) is 0.390. The van der Waals surface area contributed by atoms with E-state index >= 15 is 0 Å². The average molecular weight is 482 g/mol. The molecule has 0 fully saturated rings. The van der Waals surface area contributed by atoms with Crippen LogP contribution >= 0.6 is 0 Å². The molecule has 35 heavy (non-hydrogen) atoms. The molecule has 2 rings (SSSR count). The van der Waals surface area contributed by atoms with Gasteiger partial charge >= 0.3 is 0 Å². The number of nitriles is 1. The van der Waals surface area contributed by atoms with Crippen LogP contribution in [0, 0.1) is 27.6 Å². The Morgan fingerprint density at radius 1 is 1.17 bits per heavy atom. The lowest BCUT2D eigenvalue weighted by atomic mass is 9.65. The number of ketones is 2. The number of Topliss-reactive ketones (excluding diaryl/α,β-unsaturated/α-hetero) is 1. The number of hydrogen-bond donors (Lipinski definition) is 1. The van der Waals surface area contributed by atoms with Crippen molar-refractivity contribution < 1.29 is 28.9 Å². The number of rotatable bonds is 9. The molecular weight excluding hydrogens is 446 g/mol. The second-order valence-electron chi connectivity index (χ2n) is 10.2. The molecule has 0 saturated carbocycles. The highest BCUT2D eigenvalue weighted by molar-refractivity contribution is 6.04. The fourth-order valence-corrected chi connectivity index (χ4v) is 4.62. The van der Waals surface area contributed by atoms with Gasteiger partial charge in [-0.3, -0.25) is 9.59 Å². The highest BCUT2D eigenvalue weighted by Gasteiger charge is 2.49. The molecule has 0 radical (unpaired) electrons. The van der Waals surface area contributed by atoms with E-state index in [1.54, 1.807) is 50.3 Å². The van der Waals surface area contributed by atoms with E-state index in [0.29, 0.717) is 17.7 Å². The Morgan fingerprint density at radius 3 is 2.34 bits per heavy atom. The molecule has 0 spiro atoms. The van der Waals surface area contributed by atoms with Gasteiger partial charge in [-0.05, 0) is 50.1 Å². The second-order valence-corrected chi connectivity index (χ2v) is 10.2. The van der Waals surface area contributed by atoms with Crippen molar-refractivity contribution >= 4 is 17.6 Å². The van der Waals surface area contributed by atoms with Crippen LogP contribution in [0.4, 0.5) is 0 Å². The van der Waals surface area contributed by atoms with Gasteiger partial charge in [0.2, 0.25) is 0 Å². The van der Waals surface area contributed by atoms with Gasteiger partial charge in [0.15, 0.2) is 28.9 Å². The highest BCUT2D eigenvalue weighted by Crippen LogP contribution is 2.44. The van der Waals surface area contributed by atoms with Gasteiger partial charge in [0.25, 0.3) is 0 Å². The van der Waals surface area contributed by atoms with E-state index < -0.39 is 22.0 Å². The van der Waals surface area contributed by atoms with Crippen molar-refractivity contribution in [1.29, 1.82) is 5.26 Å². The number of allylic oxidation sites excluding steroid dienone is 4. The van der Waals surface area contributed by atoms with Gasteiger partial charge in [-0.25, -0.2) is 0 Å². The normalized spacial score (nSPS) is 20.7. The van der Waals surface area contributed by atoms with Crippen LogP contribution in [0.15, 0.2) is 48.1 Å². The molecule has 7 nitrogen and oxygen atoms in total. The van der Waals surface area contributed by atoms with E-state index in [4.69, 9.17) is 14.2 Å². The fraction of sp³-hybridized carbons (Fsp3) is 0.464. The number of ether oxygens (including phenoxy) is 3. The molecule has 1 N–H and O–H groups in total. The Balaban J connectivity index is 2.40. The third-order valence-corrected chi connectivity index (χ3v) is 6.68. The van der Waals surface area contributed by atoms with E-state index in [1.807, 2.05) is 26.8 Å². The van der Waals surface area contributed by atoms with Crippen molar-refractivity contribution in [2.24, 2.45) is 16.2 Å². The Labute approximate surface area is 207 Å². The summed E-state index contributed by atoms with van der Waals surface area (Å²) in [5.74, 6) is -1.51. The van der Waals surface area contributed by atoms with Crippen molar-refractivity contribution in [3.05, 3.63) is 53.6 Å². The van der Waals surface area contributed by atoms with Gasteiger partial charge in [0, 0.05) is 25.0 Å². The summed E-state index contributed by atoms with van der Waals surface area (Å²) in [5, 5.41) is 19.2. The van der Waals surface area contributed by atoms with Gasteiger partial charge in [0.05, 0.1) is 18.1 Å². The summed E-state index contributed by atoms with van der Waals surface area (Å²) in [6.07, 6.45) is 8.70. The number of phenolic OH excluding ortho intramolecular Hbond substituents is 1. The maximum atomic E-state index is 13.5. The summed E-state index contributed by atoms with van der Waals surface area (Å²) in [7, 11) is 4.38. The van der Waals surface area contributed by atoms with Crippen LogP contribution in [-0.2, 0) is 19.1 Å². The molecule has 0 bridgehead atoms. The van der Waals surface area contributed by atoms with E-state index in [1.165, 1.54) is 33.5 Å². The van der Waals surface area contributed by atoms with Crippen molar-refractivity contribution in [3.8, 4) is 17.6 Å². The zero-order valence-electron chi connectivity index (χ0n) is 21.8. The standard InChI is InChI=1S/C28H35NO6/c1-25(2)18-27(5,16-20(17-29)24(25)32)13-12-23(31)26(3,4)28(34-7,35-8)14-11-19-9-10-21(30)22(15-19)33-6/h9-16,30H,18H2,1-8H3/b13-12+,14-11+/t27-/m0/s1. The van der Waals surface area contributed by atoms with Crippen LogP contribution < -0.4 is 4.74 Å². The summed E-state index contributed by atoms with van der Waals surface area (Å²) in [4.78, 5) is 25.9. The number of aromatic hydroxyl groups is 1. The molecule has 0 heterocycles. The molecule has 7 heteroatoms. The predicted molar refractivity (Wildman–Crippen MR) is 134 cm³/mol. The minimum absolute atomic E-state index is 0.0183. The maximum absolute atomic E-state index is 13.5. The zero-order valence-corrected chi connectivity index (χ0v) is 21.8. The molecule has 188 valence electrons. The van der Waals surface area contributed by atoms with Gasteiger partial charge in [0.1, 0.15) is 6.07 Å². The van der Waals surface area contributed by atoms with Gasteiger partial charge < -0.3 is 19.3 Å². The minimum Gasteiger partial charge on any atom is -0.504 e. The van der Waals surface area contributed by atoms with Crippen molar-refractivity contribution in [1.82, 2.24) is 0 Å². The van der Waals surface area contributed by atoms with Crippen LogP contribution in [0.1, 0.15) is 46.6 Å². The molecule has 1 aliphatic rings. The number of carbonyl (C=O) groups is 2. The number of hydrogen-bond acceptors (Lipinski definition) is 7. The molecule has 0 amide bonds. The monoisotopic (exact) mass is 481 g/mol. The van der Waals surface area contributed by atoms with Gasteiger partial charge in [-0.1, -0.05) is 45.1 Å². The molecule has 1 aromatic carbocycles. The average Bonchev–Trinajstić information content (AvgIpc) is 2.81. The molecule has 0 aliphatic heterocycles. The first-order valence-electron chi connectivity index (χ1n) is 11.3. The molecule has 0 unspecified atom stereocenters. The molecule has 1 aromatic rings. The SMILES string of the molecule is COc1cc(/C=C/C(OC)(OC)C(C)(C)C(=O)/C=C/[C@@]2(C)C=C(C#N)C(=O)C(C)(C)C2)ccc1O. The van der Waals surface area contributed by atoms with Crippen molar-refractivity contribution in [3.63, 3.8) is 0 Å². The van der Waals surface area contributed by atoms with Crippen LogP contribution in [0.5, 0.6) is 11.5 Å². The molecule has 1 atom stereocenters. The van der Waals surface area contributed by atoms with Crippen LogP contribution in [0.25, 0.3) is 6.08 Å². The Kier molecular flexibility index (Phi) is 8.16. The first-order chi connectivity index (χ1) is 16.2. The van der Waals surface area contributed by atoms with E-state index in [0.717, 1.165) is 0 Å². The topological polar surface area (TPSA) is 106 Å². The molecule has 0 saturated heterocycles. The smallest absolute Gasteiger partial charge is 0.200 e. The number of benzene rings is 1. The highest BCUT2D eigenvalue weighted by atomic mass is 16.7. The molecule has 0 aromatic heterocycles. The van der Waals surface area contributed by atoms with Crippen LogP contribution in [-0.4, -0.2) is 43.8 Å². The maximum Gasteiger partial charge on any atom is 0.200 e. The summed E-state index contributed by atoms with van der Waals surface area (Å²) in [5.41, 5.74) is -1.69. The predicted octanol–water partition coefficient (Wildman–Crippen LogP) is 5.01. The second kappa shape index (κ2) is 10.2. The Bertz CT molecular complexity index is 1110. The Hall–Kier alpha value is -3.21. The van der Waals surface area contributed by atoms with Crippen LogP contribution in [0.3, 0.4) is 0 Å². The Morgan fingerprint density at radius 2 is 1.80 bits per heavy atom. The summed E-state index contributed by atoms with van der Waals surface area (Å²) in [6, 6.07) is 6.86. The van der Waals surface area contributed by atoms with Gasteiger partial charge in [-0.15, -0.1) is 0 Å². The number of nitrogens with zero attached hydrogens (tertiary/aromatic N) is 1. The minimum atomic E-state index is -1.41. The number of phenols is 1. The fourth-order valence-electron chi connectivity index (χ4n) is 4.62. The first kappa shape index (κ1) is 28.0. The third kappa shape index (κ3) is 5.55. The lowest BCUT2D eigenvalue weighted by Gasteiger charge is -2.41. The van der Waals surface area contributed by atoms with Crippen molar-refractivity contribution in [2.75, 3.05) is 21.3 Å². The molecular formula is C28H35NO6. The van der Waals surface area contributed by atoms with E-state index in [9.17, 15) is 20.0 Å². The van der Waals surface area contributed by atoms with Crippen LogP contribution in [0.2, 0.25) is 0 Å². The number of methoxy groups -OCH3 is 3. The molecule has 1 aliphatic carbocycles. The van der Waals surface area contributed by atoms with E-state index in [2.05, 4.69) is 0 Å². The summed E-state index contributed by atoms with van der Waals surface area (Å²) >= 11 is 0. The number of carbonyl (C=O) groups excluding carboxylic acids is 2. The van der Waals surface area contributed by atoms with Crippen molar-refractivity contribution in [2.45, 2.75) is 46.8 Å². The first-order valence-corrected chi connectivity index (χ1v) is 11.3. The largest absolute Gasteiger partial charge is 0.504 e. The lowest BCUT2D eigenvalue weighted by Crippen LogP contribution is -2.50. The lowest BCUT2D eigenvalue weighted by molar-refractivity contribution is -0.227.